The lowest BCUT2D eigenvalue weighted by atomic mass is 10.3. The van der Waals surface area contributed by atoms with Gasteiger partial charge in [0.2, 0.25) is 0 Å². The van der Waals surface area contributed by atoms with Crippen LogP contribution in [0.25, 0.3) is 0 Å². The van der Waals surface area contributed by atoms with E-state index in [4.69, 9.17) is 0 Å². The third-order valence-electron chi connectivity index (χ3n) is 1.32. The Labute approximate surface area is 67.9 Å². The average Bonchev–Trinajstić information content (AvgIpc) is 1.84. The summed E-state index contributed by atoms with van der Waals surface area (Å²) in [5.41, 5.74) is 0. The van der Waals surface area contributed by atoms with Crippen molar-refractivity contribution in [1.82, 2.24) is 4.31 Å². The van der Waals surface area contributed by atoms with E-state index in [0.29, 0.717) is 6.04 Å². The maximum Gasteiger partial charge on any atom is 0.0175 e. The first-order valence-electron chi connectivity index (χ1n) is 2.73. The summed E-state index contributed by atoms with van der Waals surface area (Å²) in [6, 6.07) is 0.705. The molecule has 0 aromatic heterocycles. The number of hydrogen-bond acceptors (Lipinski definition) is 2. The molecule has 0 aromatic rings. The van der Waals surface area contributed by atoms with Crippen molar-refractivity contribution < 1.29 is 0 Å². The third kappa shape index (κ3) is 3.14. The van der Waals surface area contributed by atoms with Gasteiger partial charge in [-0.1, -0.05) is 6.92 Å². The van der Waals surface area contributed by atoms with Gasteiger partial charge in [0.05, 0.1) is 0 Å². The lowest BCUT2D eigenvalue weighted by Crippen LogP contribution is -2.19. The lowest BCUT2D eigenvalue weighted by molar-refractivity contribution is 0.430. The van der Waals surface area contributed by atoms with E-state index in [0.717, 1.165) is 0 Å². The van der Waals surface area contributed by atoms with Crippen LogP contribution in [0.4, 0.5) is 0 Å². The molecule has 0 aromatic carbocycles. The van der Waals surface area contributed by atoms with E-state index in [-0.39, 0.29) is 0 Å². The summed E-state index contributed by atoms with van der Waals surface area (Å²) in [6.45, 7) is 4.43. The summed E-state index contributed by atoms with van der Waals surface area (Å²) in [5, 5.41) is 0. The maximum absolute atomic E-state index is 2.29. The maximum atomic E-state index is 2.29. The molecule has 0 heterocycles. The molecule has 0 saturated carbocycles. The Kier molecular flexibility index (Phi) is 5.51. The van der Waals surface area contributed by atoms with Crippen LogP contribution >= 0.6 is 30.3 Å². The van der Waals surface area contributed by atoms with Crippen LogP contribution in [-0.4, -0.2) is 17.4 Å². The molecule has 0 rings (SSSR count). The van der Waals surface area contributed by atoms with Gasteiger partial charge in [0.25, 0.3) is 0 Å². The molecule has 1 atom stereocenters. The van der Waals surface area contributed by atoms with Crippen LogP contribution in [-0.2, 0) is 0 Å². The molecule has 0 N–H and O–H groups in total. The van der Waals surface area contributed by atoms with Gasteiger partial charge in [-0.2, -0.15) is 0 Å². The Morgan fingerprint density at radius 2 is 2.25 bits per heavy atom. The molecule has 1 nitrogen and oxygen atoms in total. The van der Waals surface area contributed by atoms with Gasteiger partial charge in [-0.25, -0.2) is 4.31 Å². The van der Waals surface area contributed by atoms with Crippen LogP contribution < -0.4 is 0 Å². The number of halogens is 1. The normalized spacial score (nSPS) is 14.6. The summed E-state index contributed by atoms with van der Waals surface area (Å²) >= 11 is 2.29. The summed E-state index contributed by atoms with van der Waals surface area (Å²) in [7, 11) is 3.88. The Hall–Kier alpha value is 1.04. The zero-order valence-electron chi connectivity index (χ0n) is 5.52. The first-order valence-corrected chi connectivity index (χ1v) is 6.05. The summed E-state index contributed by atoms with van der Waals surface area (Å²) in [5.74, 6) is 0. The van der Waals surface area contributed by atoms with Gasteiger partial charge < -0.3 is 0 Å². The molecule has 8 heavy (non-hydrogen) atoms. The van der Waals surface area contributed by atoms with Gasteiger partial charge in [0, 0.05) is 27.2 Å². The molecule has 0 spiro atoms. The number of nitrogens with zero attached hydrogens (tertiary/aromatic N) is 1. The molecular weight excluding hydrogens is 233 g/mol. The third-order valence-corrected chi connectivity index (χ3v) is 3.76. The monoisotopic (exact) mass is 245 g/mol. The van der Waals surface area contributed by atoms with Gasteiger partial charge in [-0.3, -0.25) is 0 Å². The molecule has 0 bridgehead atoms. The van der Waals surface area contributed by atoms with E-state index in [9.17, 15) is 0 Å². The standard InChI is InChI=1S/C5H12INS/c1-4-5(2)7(3)8-6/h5H,4H2,1-3H3. The van der Waals surface area contributed by atoms with Crippen LogP contribution in [0.5, 0.6) is 0 Å². The van der Waals surface area contributed by atoms with Crippen molar-refractivity contribution in [3.05, 3.63) is 0 Å². The van der Waals surface area contributed by atoms with E-state index in [1.54, 1.807) is 9.12 Å². The van der Waals surface area contributed by atoms with Gasteiger partial charge in [-0.05, 0) is 29.5 Å². The second-order valence-corrected chi connectivity index (χ2v) is 3.77. The van der Waals surface area contributed by atoms with E-state index in [2.05, 4.69) is 46.4 Å². The van der Waals surface area contributed by atoms with E-state index < -0.39 is 0 Å². The molecule has 0 aliphatic heterocycles. The zero-order valence-corrected chi connectivity index (χ0v) is 8.49. The first kappa shape index (κ1) is 9.04. The van der Waals surface area contributed by atoms with Crippen molar-refractivity contribution in [1.29, 1.82) is 0 Å². The van der Waals surface area contributed by atoms with Crippen molar-refractivity contribution in [2.24, 2.45) is 0 Å². The van der Waals surface area contributed by atoms with Crippen molar-refractivity contribution in [3.63, 3.8) is 0 Å². The molecule has 50 valence electrons. The van der Waals surface area contributed by atoms with Gasteiger partial charge in [0.1, 0.15) is 0 Å². The Morgan fingerprint density at radius 1 is 1.75 bits per heavy atom. The van der Waals surface area contributed by atoms with Crippen LogP contribution in [0.3, 0.4) is 0 Å². The quantitative estimate of drug-likeness (QED) is 0.555. The second-order valence-electron chi connectivity index (χ2n) is 1.87. The molecule has 0 fully saturated rings. The molecule has 3 heteroatoms. The van der Waals surface area contributed by atoms with E-state index in [1.165, 1.54) is 6.42 Å². The number of hydrogen-bond donors (Lipinski definition) is 0. The summed E-state index contributed by atoms with van der Waals surface area (Å²) in [6.07, 6.45) is 1.23. The van der Waals surface area contributed by atoms with Gasteiger partial charge in [0.15, 0.2) is 0 Å². The predicted octanol–water partition coefficient (Wildman–Crippen LogP) is 2.71. The molecular formula is C5H12INS. The highest BCUT2D eigenvalue weighted by Gasteiger charge is 2.03. The summed E-state index contributed by atoms with van der Waals surface area (Å²) in [4.78, 5) is 0. The van der Waals surface area contributed by atoms with Crippen molar-refractivity contribution in [2.45, 2.75) is 26.3 Å². The Balaban J connectivity index is 3.29. The average molecular weight is 245 g/mol. The predicted molar refractivity (Wildman–Crippen MR) is 49.1 cm³/mol. The van der Waals surface area contributed by atoms with E-state index in [1.807, 2.05) is 0 Å². The second kappa shape index (κ2) is 4.88. The fraction of sp³-hybridized carbons (Fsp3) is 1.00. The molecule has 0 amide bonds. The van der Waals surface area contributed by atoms with E-state index >= 15 is 0 Å². The van der Waals surface area contributed by atoms with Gasteiger partial charge >= 0.3 is 0 Å². The number of rotatable bonds is 3. The van der Waals surface area contributed by atoms with Crippen LogP contribution in [0.2, 0.25) is 0 Å². The van der Waals surface area contributed by atoms with Gasteiger partial charge in [-0.15, -0.1) is 0 Å². The first-order chi connectivity index (χ1) is 3.72. The Morgan fingerprint density at radius 3 is 2.38 bits per heavy atom. The van der Waals surface area contributed by atoms with Crippen molar-refractivity contribution >= 4 is 30.3 Å². The SMILES string of the molecule is CCC(C)N(C)SI. The smallest absolute Gasteiger partial charge is 0.0175 e. The van der Waals surface area contributed by atoms with Crippen molar-refractivity contribution in [2.75, 3.05) is 7.05 Å². The Bertz CT molecular complexity index is 52.4. The fourth-order valence-corrected chi connectivity index (χ4v) is 1.77. The highest BCUT2D eigenvalue weighted by molar-refractivity contribution is 14.2. The summed E-state index contributed by atoms with van der Waals surface area (Å²) < 4.78 is 2.25. The minimum Gasteiger partial charge on any atom is -0.242 e. The minimum atomic E-state index is 0.705. The zero-order chi connectivity index (χ0) is 6.57. The molecule has 0 radical (unpaired) electrons. The topological polar surface area (TPSA) is 3.24 Å². The highest BCUT2D eigenvalue weighted by atomic mass is 127. The molecule has 0 aliphatic carbocycles. The molecule has 0 aliphatic rings. The fourth-order valence-electron chi connectivity index (χ4n) is 0.325. The van der Waals surface area contributed by atoms with Crippen LogP contribution in [0.15, 0.2) is 0 Å². The lowest BCUT2D eigenvalue weighted by Gasteiger charge is -2.17. The van der Waals surface area contributed by atoms with Crippen molar-refractivity contribution in [3.8, 4) is 0 Å². The molecule has 0 saturated heterocycles. The van der Waals surface area contributed by atoms with Crippen LogP contribution in [0, 0.1) is 0 Å². The van der Waals surface area contributed by atoms with Crippen LogP contribution in [0.1, 0.15) is 20.3 Å². The largest absolute Gasteiger partial charge is 0.242 e. The minimum absolute atomic E-state index is 0.705. The molecule has 1 unspecified atom stereocenters. The highest BCUT2D eigenvalue weighted by Crippen LogP contribution is 2.19.